The zero-order valence-corrected chi connectivity index (χ0v) is 14.3. The quantitative estimate of drug-likeness (QED) is 0.790. The summed E-state index contributed by atoms with van der Waals surface area (Å²) in [5.74, 6) is -0.195. The van der Waals surface area contributed by atoms with Crippen molar-refractivity contribution < 1.29 is 14.7 Å². The largest absolute Gasteiger partial charge is 0.508 e. The molecule has 23 heavy (non-hydrogen) atoms. The maximum atomic E-state index is 12.4. The van der Waals surface area contributed by atoms with Crippen LogP contribution in [0.4, 0.5) is 4.79 Å². The molecular weight excluding hydrogens is 378 g/mol. The number of hydrogen-bond acceptors (Lipinski definition) is 4. The van der Waals surface area contributed by atoms with E-state index in [-0.39, 0.29) is 23.4 Å². The molecule has 2 aromatic carbocycles. The summed E-state index contributed by atoms with van der Waals surface area (Å²) >= 11 is 4.27. The average Bonchev–Trinajstić information content (AvgIpc) is 2.77. The van der Waals surface area contributed by atoms with Crippen molar-refractivity contribution in [2.75, 3.05) is 0 Å². The molecule has 2 aromatic rings. The highest BCUT2D eigenvalue weighted by molar-refractivity contribution is 9.10. The van der Waals surface area contributed by atoms with E-state index >= 15 is 0 Å². The topological polar surface area (TPSA) is 57.6 Å². The second-order valence-corrected chi connectivity index (χ2v) is 6.90. The Morgan fingerprint density at radius 2 is 1.87 bits per heavy atom. The molecule has 1 aliphatic heterocycles. The van der Waals surface area contributed by atoms with Crippen LogP contribution in [0.5, 0.6) is 5.75 Å². The molecule has 6 heteroatoms. The summed E-state index contributed by atoms with van der Waals surface area (Å²) in [6, 6.07) is 14.0. The molecule has 0 unspecified atom stereocenters. The SMILES string of the molecule is O=C1S/C(=C/c2cccc(O)c2)C(=O)N1Cc1ccc(Br)cc1. The van der Waals surface area contributed by atoms with Crippen LogP contribution in [-0.2, 0) is 11.3 Å². The number of carbonyl (C=O) groups excluding carboxylic acids is 2. The van der Waals surface area contributed by atoms with Gasteiger partial charge in [-0.25, -0.2) is 0 Å². The van der Waals surface area contributed by atoms with Crippen LogP contribution in [0.2, 0.25) is 0 Å². The minimum atomic E-state index is -0.314. The first-order valence-corrected chi connectivity index (χ1v) is 8.43. The molecule has 2 amide bonds. The molecule has 1 heterocycles. The summed E-state index contributed by atoms with van der Waals surface area (Å²) in [7, 11) is 0. The first-order chi connectivity index (χ1) is 11.0. The van der Waals surface area contributed by atoms with E-state index in [1.807, 2.05) is 24.3 Å². The van der Waals surface area contributed by atoms with Crippen molar-refractivity contribution in [2.45, 2.75) is 6.54 Å². The van der Waals surface area contributed by atoms with Crippen molar-refractivity contribution in [2.24, 2.45) is 0 Å². The number of benzene rings is 2. The lowest BCUT2D eigenvalue weighted by molar-refractivity contribution is -0.123. The molecule has 1 aliphatic rings. The van der Waals surface area contributed by atoms with Gasteiger partial charge in [0.2, 0.25) is 0 Å². The second-order valence-electron chi connectivity index (χ2n) is 4.99. The highest BCUT2D eigenvalue weighted by Crippen LogP contribution is 2.33. The van der Waals surface area contributed by atoms with Crippen LogP contribution in [0.25, 0.3) is 6.08 Å². The predicted octanol–water partition coefficient (Wildman–Crippen LogP) is 4.39. The van der Waals surface area contributed by atoms with Gasteiger partial charge in [0.25, 0.3) is 11.1 Å². The van der Waals surface area contributed by atoms with Crippen LogP contribution in [0.3, 0.4) is 0 Å². The van der Waals surface area contributed by atoms with Gasteiger partial charge in [0, 0.05) is 4.47 Å². The van der Waals surface area contributed by atoms with E-state index in [0.29, 0.717) is 10.5 Å². The van der Waals surface area contributed by atoms with Crippen molar-refractivity contribution in [3.63, 3.8) is 0 Å². The molecule has 0 bridgehead atoms. The van der Waals surface area contributed by atoms with Crippen LogP contribution in [0, 0.1) is 0 Å². The van der Waals surface area contributed by atoms with Crippen LogP contribution in [0.1, 0.15) is 11.1 Å². The number of thioether (sulfide) groups is 1. The lowest BCUT2D eigenvalue weighted by Crippen LogP contribution is -2.27. The number of imide groups is 1. The Kier molecular flexibility index (Phi) is 4.54. The molecule has 0 atom stereocenters. The Bertz CT molecular complexity index is 802. The Balaban J connectivity index is 1.81. The van der Waals surface area contributed by atoms with Gasteiger partial charge in [-0.15, -0.1) is 0 Å². The smallest absolute Gasteiger partial charge is 0.293 e. The van der Waals surface area contributed by atoms with Crippen LogP contribution >= 0.6 is 27.7 Å². The van der Waals surface area contributed by atoms with E-state index < -0.39 is 0 Å². The Morgan fingerprint density at radius 3 is 2.57 bits per heavy atom. The predicted molar refractivity (Wildman–Crippen MR) is 93.8 cm³/mol. The summed E-state index contributed by atoms with van der Waals surface area (Å²) in [6.07, 6.45) is 1.62. The Morgan fingerprint density at radius 1 is 1.13 bits per heavy atom. The first kappa shape index (κ1) is 15.8. The minimum Gasteiger partial charge on any atom is -0.508 e. The van der Waals surface area contributed by atoms with Crippen molar-refractivity contribution >= 4 is 44.9 Å². The van der Waals surface area contributed by atoms with Crippen LogP contribution < -0.4 is 0 Å². The van der Waals surface area contributed by atoms with E-state index in [1.54, 1.807) is 30.3 Å². The molecule has 0 saturated carbocycles. The molecule has 0 spiro atoms. The fourth-order valence-electron chi connectivity index (χ4n) is 2.17. The summed E-state index contributed by atoms with van der Waals surface area (Å²) in [5, 5.41) is 9.18. The van der Waals surface area contributed by atoms with Crippen molar-refractivity contribution in [3.05, 3.63) is 69.0 Å². The van der Waals surface area contributed by atoms with E-state index in [0.717, 1.165) is 21.8 Å². The molecule has 0 aromatic heterocycles. The maximum Gasteiger partial charge on any atom is 0.293 e. The number of nitrogens with zero attached hydrogens (tertiary/aromatic N) is 1. The van der Waals surface area contributed by atoms with Gasteiger partial charge in [0.05, 0.1) is 11.4 Å². The standard InChI is InChI=1S/C17H12BrNO3S/c18-13-6-4-11(5-7-13)10-19-16(21)15(23-17(19)22)9-12-2-1-3-14(20)8-12/h1-9,20H,10H2/b15-9+. The molecule has 116 valence electrons. The zero-order chi connectivity index (χ0) is 16.4. The van der Waals surface area contributed by atoms with Crippen molar-refractivity contribution in [1.82, 2.24) is 4.90 Å². The number of carbonyl (C=O) groups is 2. The molecule has 3 rings (SSSR count). The van der Waals surface area contributed by atoms with Gasteiger partial charge >= 0.3 is 0 Å². The summed E-state index contributed by atoms with van der Waals surface area (Å²) < 4.78 is 0.944. The van der Waals surface area contributed by atoms with E-state index in [2.05, 4.69) is 15.9 Å². The molecule has 1 N–H and O–H groups in total. The van der Waals surface area contributed by atoms with Gasteiger partial charge in [0.15, 0.2) is 0 Å². The molecule has 4 nitrogen and oxygen atoms in total. The van der Waals surface area contributed by atoms with E-state index in [9.17, 15) is 14.7 Å². The number of hydrogen-bond donors (Lipinski definition) is 1. The number of amides is 2. The van der Waals surface area contributed by atoms with Gasteiger partial charge in [0.1, 0.15) is 5.75 Å². The number of phenolic OH excluding ortho intramolecular Hbond substituents is 1. The normalized spacial score (nSPS) is 16.4. The number of rotatable bonds is 3. The first-order valence-electron chi connectivity index (χ1n) is 6.82. The molecule has 0 aliphatic carbocycles. The zero-order valence-electron chi connectivity index (χ0n) is 11.9. The second kappa shape index (κ2) is 6.60. The Labute approximate surface area is 145 Å². The summed E-state index contributed by atoms with van der Waals surface area (Å²) in [4.78, 5) is 26.1. The lowest BCUT2D eigenvalue weighted by Gasteiger charge is -2.12. The van der Waals surface area contributed by atoms with Crippen LogP contribution in [0.15, 0.2) is 57.9 Å². The van der Waals surface area contributed by atoms with Gasteiger partial charge in [-0.3, -0.25) is 14.5 Å². The van der Waals surface area contributed by atoms with E-state index in [4.69, 9.17) is 0 Å². The maximum absolute atomic E-state index is 12.4. The van der Waals surface area contributed by atoms with Gasteiger partial charge in [-0.1, -0.05) is 40.2 Å². The molecule has 0 radical (unpaired) electrons. The number of halogens is 1. The van der Waals surface area contributed by atoms with Crippen molar-refractivity contribution in [1.29, 1.82) is 0 Å². The number of aromatic hydroxyl groups is 1. The summed E-state index contributed by atoms with van der Waals surface area (Å²) in [5.41, 5.74) is 1.56. The molecular formula is C17H12BrNO3S. The minimum absolute atomic E-state index is 0.118. The Hall–Kier alpha value is -2.05. The van der Waals surface area contributed by atoms with Gasteiger partial charge in [-0.05, 0) is 53.2 Å². The highest BCUT2D eigenvalue weighted by atomic mass is 79.9. The van der Waals surface area contributed by atoms with Gasteiger partial charge < -0.3 is 5.11 Å². The van der Waals surface area contributed by atoms with E-state index in [1.165, 1.54) is 4.90 Å². The number of phenols is 1. The van der Waals surface area contributed by atoms with Crippen LogP contribution in [-0.4, -0.2) is 21.2 Å². The monoisotopic (exact) mass is 389 g/mol. The third kappa shape index (κ3) is 3.65. The summed E-state index contributed by atoms with van der Waals surface area (Å²) in [6.45, 7) is 0.245. The lowest BCUT2D eigenvalue weighted by atomic mass is 10.2. The average molecular weight is 390 g/mol. The fraction of sp³-hybridized carbons (Fsp3) is 0.0588. The highest BCUT2D eigenvalue weighted by Gasteiger charge is 2.34. The molecule has 1 fully saturated rings. The van der Waals surface area contributed by atoms with Crippen molar-refractivity contribution in [3.8, 4) is 5.75 Å². The third-order valence-corrected chi connectivity index (χ3v) is 4.73. The fourth-order valence-corrected chi connectivity index (χ4v) is 3.28. The van der Waals surface area contributed by atoms with Gasteiger partial charge in [-0.2, -0.15) is 0 Å². The molecule has 1 saturated heterocycles. The third-order valence-electron chi connectivity index (χ3n) is 3.30.